The van der Waals surface area contributed by atoms with E-state index in [0.717, 1.165) is 19.4 Å². The highest BCUT2D eigenvalue weighted by Crippen LogP contribution is 1.95. The average molecular weight is 139 g/mol. The zero-order chi connectivity index (χ0) is 7.98. The summed E-state index contributed by atoms with van der Waals surface area (Å²) in [6.07, 6.45) is 2.09. The maximum Gasteiger partial charge on any atom is 0.0425 e. The summed E-state index contributed by atoms with van der Waals surface area (Å²) in [7, 11) is 0. The normalized spacial score (nSPS) is 11.7. The van der Waals surface area contributed by atoms with Crippen LogP contribution >= 0.6 is 0 Å². The first-order chi connectivity index (χ1) is 4.66. The smallest absolute Gasteiger partial charge is 0.0425 e. The second kappa shape index (κ2) is 5.21. The first kappa shape index (κ1) is 9.41. The molecule has 1 heteroatoms. The van der Waals surface area contributed by atoms with Crippen LogP contribution < -0.4 is 0 Å². The molecule has 0 aromatic rings. The Bertz CT molecular complexity index is 134. The second-order valence-corrected chi connectivity index (χ2v) is 2.68. The van der Waals surface area contributed by atoms with Crippen LogP contribution in [0.3, 0.4) is 0 Å². The third-order valence-corrected chi connectivity index (χ3v) is 1.43. The Labute approximate surface area is 63.9 Å². The van der Waals surface area contributed by atoms with Crippen molar-refractivity contribution in [1.29, 1.82) is 0 Å². The topological polar surface area (TPSA) is 12.4 Å². The first-order valence-corrected chi connectivity index (χ1v) is 3.81. The van der Waals surface area contributed by atoms with Gasteiger partial charge in [0.15, 0.2) is 0 Å². The molecule has 0 heterocycles. The Morgan fingerprint density at radius 2 is 2.00 bits per heavy atom. The highest BCUT2D eigenvalue weighted by atomic mass is 14.7. The molecule has 0 aliphatic heterocycles. The largest absolute Gasteiger partial charge is 0.294 e. The van der Waals surface area contributed by atoms with E-state index < -0.39 is 0 Å². The van der Waals surface area contributed by atoms with Gasteiger partial charge in [-0.05, 0) is 26.7 Å². The summed E-state index contributed by atoms with van der Waals surface area (Å²) in [6, 6.07) is 0. The molecule has 0 aliphatic rings. The maximum atomic E-state index is 4.34. The molecular formula is C9H17N. The minimum absolute atomic E-state index is 0.912. The summed E-state index contributed by atoms with van der Waals surface area (Å²) >= 11 is 0. The van der Waals surface area contributed by atoms with E-state index in [2.05, 4.69) is 25.4 Å². The van der Waals surface area contributed by atoms with Crippen LogP contribution in [0.2, 0.25) is 0 Å². The van der Waals surface area contributed by atoms with Crippen molar-refractivity contribution in [2.75, 3.05) is 6.54 Å². The fourth-order valence-corrected chi connectivity index (χ4v) is 0.549. The standard InChI is InChI=1S/C9H17N/c1-5-9(4)10-7-6-8(2)3/h2,5-7H2,1,3-4H3. The quantitative estimate of drug-likeness (QED) is 0.419. The Balaban J connectivity index is 3.43. The summed E-state index contributed by atoms with van der Waals surface area (Å²) in [5, 5.41) is 0. The lowest BCUT2D eigenvalue weighted by Gasteiger charge is -1.95. The van der Waals surface area contributed by atoms with Crippen molar-refractivity contribution in [3.63, 3.8) is 0 Å². The molecule has 0 atom stereocenters. The van der Waals surface area contributed by atoms with Crippen LogP contribution in [-0.4, -0.2) is 12.3 Å². The van der Waals surface area contributed by atoms with E-state index in [1.165, 1.54) is 11.3 Å². The molecule has 0 bridgehead atoms. The molecule has 0 N–H and O–H groups in total. The van der Waals surface area contributed by atoms with Crippen LogP contribution in [0.1, 0.15) is 33.6 Å². The van der Waals surface area contributed by atoms with E-state index in [9.17, 15) is 0 Å². The molecule has 0 aromatic heterocycles. The fraction of sp³-hybridized carbons (Fsp3) is 0.667. The minimum atomic E-state index is 0.912. The lowest BCUT2D eigenvalue weighted by molar-refractivity contribution is 0.946. The summed E-state index contributed by atoms with van der Waals surface area (Å²) in [5.74, 6) is 0. The monoisotopic (exact) mass is 139 g/mol. The number of hydrogen-bond donors (Lipinski definition) is 0. The van der Waals surface area contributed by atoms with Crippen molar-refractivity contribution in [2.24, 2.45) is 4.99 Å². The van der Waals surface area contributed by atoms with Crippen LogP contribution in [0.4, 0.5) is 0 Å². The first-order valence-electron chi connectivity index (χ1n) is 3.81. The lowest BCUT2D eigenvalue weighted by Crippen LogP contribution is -1.90. The van der Waals surface area contributed by atoms with Gasteiger partial charge < -0.3 is 0 Å². The predicted molar refractivity (Wildman–Crippen MR) is 47.7 cm³/mol. The third-order valence-electron chi connectivity index (χ3n) is 1.43. The molecule has 10 heavy (non-hydrogen) atoms. The molecule has 58 valence electrons. The van der Waals surface area contributed by atoms with Crippen molar-refractivity contribution >= 4 is 5.71 Å². The van der Waals surface area contributed by atoms with Crippen molar-refractivity contribution in [3.05, 3.63) is 12.2 Å². The van der Waals surface area contributed by atoms with Crippen LogP contribution in [0, 0.1) is 0 Å². The van der Waals surface area contributed by atoms with Crippen LogP contribution in [0.25, 0.3) is 0 Å². The molecule has 1 nitrogen and oxygen atoms in total. The molecule has 0 aromatic carbocycles. The molecular weight excluding hydrogens is 122 g/mol. The highest BCUT2D eigenvalue weighted by molar-refractivity contribution is 5.81. The van der Waals surface area contributed by atoms with Crippen molar-refractivity contribution < 1.29 is 0 Å². The van der Waals surface area contributed by atoms with Crippen LogP contribution in [-0.2, 0) is 0 Å². The van der Waals surface area contributed by atoms with Gasteiger partial charge in [-0.25, -0.2) is 0 Å². The molecule has 0 saturated carbocycles. The van der Waals surface area contributed by atoms with Gasteiger partial charge in [0, 0.05) is 12.3 Å². The molecule has 0 saturated heterocycles. The van der Waals surface area contributed by atoms with Crippen molar-refractivity contribution in [2.45, 2.75) is 33.6 Å². The summed E-state index contributed by atoms with van der Waals surface area (Å²) in [4.78, 5) is 4.34. The molecule has 0 aliphatic carbocycles. The van der Waals surface area contributed by atoms with Gasteiger partial charge in [0.1, 0.15) is 0 Å². The van der Waals surface area contributed by atoms with E-state index in [-0.39, 0.29) is 0 Å². The number of aliphatic imine (C=N–C) groups is 1. The third kappa shape index (κ3) is 5.54. The van der Waals surface area contributed by atoms with Gasteiger partial charge in [0.25, 0.3) is 0 Å². The molecule has 0 amide bonds. The van der Waals surface area contributed by atoms with Gasteiger partial charge in [-0.3, -0.25) is 4.99 Å². The molecule has 0 spiro atoms. The Morgan fingerprint density at radius 1 is 1.40 bits per heavy atom. The van der Waals surface area contributed by atoms with Gasteiger partial charge in [-0.1, -0.05) is 12.5 Å². The number of rotatable bonds is 4. The molecule has 0 rings (SSSR count). The van der Waals surface area contributed by atoms with Crippen LogP contribution in [0.15, 0.2) is 17.1 Å². The molecule has 0 radical (unpaired) electrons. The Morgan fingerprint density at radius 3 is 2.40 bits per heavy atom. The van der Waals surface area contributed by atoms with Gasteiger partial charge in [0.05, 0.1) is 0 Å². The van der Waals surface area contributed by atoms with E-state index in [4.69, 9.17) is 0 Å². The van der Waals surface area contributed by atoms with E-state index in [0.29, 0.717) is 0 Å². The van der Waals surface area contributed by atoms with Crippen molar-refractivity contribution in [3.8, 4) is 0 Å². The van der Waals surface area contributed by atoms with Gasteiger partial charge in [-0.2, -0.15) is 0 Å². The minimum Gasteiger partial charge on any atom is -0.294 e. The Hall–Kier alpha value is -0.590. The average Bonchev–Trinajstić information content (AvgIpc) is 1.87. The zero-order valence-corrected chi connectivity index (χ0v) is 7.28. The van der Waals surface area contributed by atoms with Crippen molar-refractivity contribution in [1.82, 2.24) is 0 Å². The Kier molecular flexibility index (Phi) is 4.91. The van der Waals surface area contributed by atoms with Gasteiger partial charge in [0.2, 0.25) is 0 Å². The van der Waals surface area contributed by atoms with Gasteiger partial charge >= 0.3 is 0 Å². The van der Waals surface area contributed by atoms with Crippen LogP contribution in [0.5, 0.6) is 0 Å². The number of nitrogens with zero attached hydrogens (tertiary/aromatic N) is 1. The SMILES string of the molecule is C=C(C)CCN=C(C)CC. The fourth-order valence-electron chi connectivity index (χ4n) is 0.549. The molecule has 0 unspecified atom stereocenters. The maximum absolute atomic E-state index is 4.34. The second-order valence-electron chi connectivity index (χ2n) is 2.68. The van der Waals surface area contributed by atoms with Gasteiger partial charge in [-0.15, -0.1) is 6.58 Å². The van der Waals surface area contributed by atoms with E-state index in [1.807, 2.05) is 6.92 Å². The predicted octanol–water partition coefficient (Wildman–Crippen LogP) is 2.82. The molecule has 0 fully saturated rings. The number of hydrogen-bond acceptors (Lipinski definition) is 1. The lowest BCUT2D eigenvalue weighted by atomic mass is 10.2. The zero-order valence-electron chi connectivity index (χ0n) is 7.28. The highest BCUT2D eigenvalue weighted by Gasteiger charge is 1.86. The summed E-state index contributed by atoms with van der Waals surface area (Å²) < 4.78 is 0. The summed E-state index contributed by atoms with van der Waals surface area (Å²) in [6.45, 7) is 11.0. The van der Waals surface area contributed by atoms with E-state index >= 15 is 0 Å². The van der Waals surface area contributed by atoms with E-state index in [1.54, 1.807) is 0 Å². The summed E-state index contributed by atoms with van der Waals surface area (Å²) in [5.41, 5.74) is 2.45.